The third kappa shape index (κ3) is 3.37. The van der Waals surface area contributed by atoms with E-state index in [-0.39, 0.29) is 11.1 Å². The molecule has 4 aromatic rings. The van der Waals surface area contributed by atoms with Gasteiger partial charge in [0.1, 0.15) is 0 Å². The Morgan fingerprint density at radius 1 is 1.11 bits per heavy atom. The Kier molecular flexibility index (Phi) is 4.41. The van der Waals surface area contributed by atoms with Crippen molar-refractivity contribution < 1.29 is 9.90 Å². The summed E-state index contributed by atoms with van der Waals surface area (Å²) in [5.41, 5.74) is 3.35. The monoisotopic (exact) mass is 374 g/mol. The highest BCUT2D eigenvalue weighted by molar-refractivity contribution is 5.87. The van der Waals surface area contributed by atoms with Crippen molar-refractivity contribution in [3.05, 3.63) is 94.9 Å². The van der Waals surface area contributed by atoms with E-state index >= 15 is 0 Å². The first-order valence-electron chi connectivity index (χ1n) is 8.70. The van der Waals surface area contributed by atoms with Gasteiger partial charge in [-0.1, -0.05) is 30.3 Å². The normalized spacial score (nSPS) is 10.9. The average Bonchev–Trinajstić information content (AvgIpc) is 3.34. The molecule has 7 heteroatoms. The Morgan fingerprint density at radius 3 is 2.61 bits per heavy atom. The Balaban J connectivity index is 1.76. The Morgan fingerprint density at radius 2 is 1.89 bits per heavy atom. The quantitative estimate of drug-likeness (QED) is 0.582. The highest BCUT2D eigenvalue weighted by Gasteiger charge is 2.14. The van der Waals surface area contributed by atoms with Gasteiger partial charge in [-0.05, 0) is 11.6 Å². The minimum absolute atomic E-state index is 0.159. The zero-order chi connectivity index (χ0) is 19.7. The van der Waals surface area contributed by atoms with Gasteiger partial charge in [-0.15, -0.1) is 0 Å². The van der Waals surface area contributed by atoms with E-state index in [0.29, 0.717) is 12.2 Å². The molecule has 0 spiro atoms. The number of carbonyl (C=O) groups is 1. The summed E-state index contributed by atoms with van der Waals surface area (Å²) >= 11 is 0. The first kappa shape index (κ1) is 17.5. The molecule has 0 atom stereocenters. The summed E-state index contributed by atoms with van der Waals surface area (Å²) in [7, 11) is 1.68. The zero-order valence-corrected chi connectivity index (χ0v) is 15.2. The molecule has 0 radical (unpaired) electrons. The van der Waals surface area contributed by atoms with Gasteiger partial charge in [0, 0.05) is 49.0 Å². The molecule has 0 unspecified atom stereocenters. The lowest BCUT2D eigenvalue weighted by Crippen LogP contribution is -2.17. The molecular formula is C21H18N4O3. The first-order chi connectivity index (χ1) is 13.5. The molecule has 28 heavy (non-hydrogen) atoms. The van der Waals surface area contributed by atoms with E-state index in [9.17, 15) is 14.7 Å². The molecule has 1 aromatic carbocycles. The number of carboxylic acids is 1. The van der Waals surface area contributed by atoms with Crippen LogP contribution >= 0.6 is 0 Å². The standard InChI is InChI=1S/C21H18N4O3/c1-23-14-18(17-10-22-25(13-17)11-15-5-3-2-4-6-15)19(9-20(23)26)24-8-7-16(12-24)21(27)28/h2-10,12-14H,11H2,1H3,(H,27,28). The fourth-order valence-corrected chi connectivity index (χ4v) is 3.09. The fourth-order valence-electron chi connectivity index (χ4n) is 3.09. The Labute approximate surface area is 160 Å². The number of carboxylic acid groups (broad SMARTS) is 1. The number of hydrogen-bond donors (Lipinski definition) is 1. The number of pyridine rings is 1. The minimum atomic E-state index is -1.01. The van der Waals surface area contributed by atoms with Gasteiger partial charge in [-0.2, -0.15) is 5.10 Å². The number of hydrogen-bond acceptors (Lipinski definition) is 3. The van der Waals surface area contributed by atoms with Gasteiger partial charge in [0.25, 0.3) is 5.56 Å². The van der Waals surface area contributed by atoms with Crippen LogP contribution in [0.15, 0.2) is 78.2 Å². The molecular weight excluding hydrogens is 356 g/mol. The molecule has 0 bridgehead atoms. The fraction of sp³-hybridized carbons (Fsp3) is 0.0952. The van der Waals surface area contributed by atoms with Gasteiger partial charge >= 0.3 is 5.97 Å². The van der Waals surface area contributed by atoms with Crippen LogP contribution in [0, 0.1) is 0 Å². The van der Waals surface area contributed by atoms with Crippen molar-refractivity contribution in [2.24, 2.45) is 7.05 Å². The highest BCUT2D eigenvalue weighted by Crippen LogP contribution is 2.26. The molecule has 140 valence electrons. The van der Waals surface area contributed by atoms with Crippen molar-refractivity contribution in [3.8, 4) is 16.8 Å². The van der Waals surface area contributed by atoms with Crippen LogP contribution in [0.5, 0.6) is 0 Å². The van der Waals surface area contributed by atoms with Crippen molar-refractivity contribution in [1.82, 2.24) is 18.9 Å². The Bertz CT molecular complexity index is 1200. The summed E-state index contributed by atoms with van der Waals surface area (Å²) in [4.78, 5) is 23.4. The molecule has 1 N–H and O–H groups in total. The molecule has 0 saturated heterocycles. The van der Waals surface area contributed by atoms with Crippen molar-refractivity contribution >= 4 is 5.97 Å². The van der Waals surface area contributed by atoms with Crippen molar-refractivity contribution in [3.63, 3.8) is 0 Å². The summed E-state index contributed by atoms with van der Waals surface area (Å²) in [6.45, 7) is 0.634. The molecule has 7 nitrogen and oxygen atoms in total. The molecule has 0 aliphatic rings. The third-order valence-corrected chi connectivity index (χ3v) is 4.56. The number of aromatic carboxylic acids is 1. The van der Waals surface area contributed by atoms with E-state index in [0.717, 1.165) is 16.7 Å². The Hall–Kier alpha value is -3.87. The first-order valence-corrected chi connectivity index (χ1v) is 8.70. The van der Waals surface area contributed by atoms with E-state index < -0.39 is 5.97 Å². The third-order valence-electron chi connectivity index (χ3n) is 4.56. The molecule has 3 heterocycles. The summed E-state index contributed by atoms with van der Waals surface area (Å²) in [5, 5.41) is 13.6. The summed E-state index contributed by atoms with van der Waals surface area (Å²) in [5.74, 6) is -1.01. The van der Waals surface area contributed by atoms with Gasteiger partial charge < -0.3 is 14.2 Å². The highest BCUT2D eigenvalue weighted by atomic mass is 16.4. The molecule has 0 fully saturated rings. The predicted molar refractivity (Wildman–Crippen MR) is 105 cm³/mol. The molecule has 0 amide bonds. The number of aryl methyl sites for hydroxylation is 1. The second-order valence-electron chi connectivity index (χ2n) is 6.55. The number of rotatable bonds is 5. The number of benzene rings is 1. The molecule has 0 aliphatic heterocycles. The van der Waals surface area contributed by atoms with Gasteiger partial charge in [0.2, 0.25) is 0 Å². The minimum Gasteiger partial charge on any atom is -0.478 e. The van der Waals surface area contributed by atoms with Gasteiger partial charge in [0.05, 0.1) is 24.0 Å². The van der Waals surface area contributed by atoms with Crippen LogP contribution < -0.4 is 5.56 Å². The van der Waals surface area contributed by atoms with Gasteiger partial charge in [-0.3, -0.25) is 9.48 Å². The van der Waals surface area contributed by atoms with Crippen LogP contribution in [-0.4, -0.2) is 30.0 Å². The van der Waals surface area contributed by atoms with E-state index in [4.69, 9.17) is 0 Å². The largest absolute Gasteiger partial charge is 0.478 e. The molecule has 3 aromatic heterocycles. The van der Waals surface area contributed by atoms with E-state index in [2.05, 4.69) is 5.10 Å². The van der Waals surface area contributed by atoms with Gasteiger partial charge in [-0.25, -0.2) is 4.79 Å². The summed E-state index contributed by atoms with van der Waals surface area (Å²) in [6.07, 6.45) is 8.53. The van der Waals surface area contributed by atoms with Gasteiger partial charge in [0.15, 0.2) is 0 Å². The average molecular weight is 374 g/mol. The smallest absolute Gasteiger partial charge is 0.337 e. The maximum absolute atomic E-state index is 12.2. The van der Waals surface area contributed by atoms with Crippen LogP contribution in [-0.2, 0) is 13.6 Å². The zero-order valence-electron chi connectivity index (χ0n) is 15.2. The SMILES string of the molecule is Cn1cc(-c2cnn(Cc3ccccc3)c2)c(-n2ccc(C(=O)O)c2)cc1=O. The summed E-state index contributed by atoms with van der Waals surface area (Å²) in [6, 6.07) is 13.0. The number of aromatic nitrogens is 4. The molecule has 0 aliphatic carbocycles. The lowest BCUT2D eigenvalue weighted by atomic mass is 10.1. The van der Waals surface area contributed by atoms with Crippen LogP contribution in [0.4, 0.5) is 0 Å². The van der Waals surface area contributed by atoms with Crippen LogP contribution in [0.25, 0.3) is 16.8 Å². The second-order valence-corrected chi connectivity index (χ2v) is 6.55. The van der Waals surface area contributed by atoms with E-state index in [1.165, 1.54) is 22.9 Å². The maximum atomic E-state index is 12.2. The van der Waals surface area contributed by atoms with Crippen LogP contribution in [0.3, 0.4) is 0 Å². The van der Waals surface area contributed by atoms with Crippen molar-refractivity contribution in [2.75, 3.05) is 0 Å². The van der Waals surface area contributed by atoms with E-state index in [1.807, 2.05) is 41.2 Å². The maximum Gasteiger partial charge on any atom is 0.337 e. The molecule has 4 rings (SSSR count). The van der Waals surface area contributed by atoms with Crippen molar-refractivity contribution in [1.29, 1.82) is 0 Å². The van der Waals surface area contributed by atoms with Crippen LogP contribution in [0.1, 0.15) is 15.9 Å². The topological polar surface area (TPSA) is 82.1 Å². The van der Waals surface area contributed by atoms with Crippen molar-refractivity contribution in [2.45, 2.75) is 6.54 Å². The second kappa shape index (κ2) is 7.03. The lowest BCUT2D eigenvalue weighted by Gasteiger charge is -2.11. The number of nitrogens with zero attached hydrogens (tertiary/aromatic N) is 4. The van der Waals surface area contributed by atoms with Crippen LogP contribution in [0.2, 0.25) is 0 Å². The van der Waals surface area contributed by atoms with E-state index in [1.54, 1.807) is 30.2 Å². The lowest BCUT2D eigenvalue weighted by molar-refractivity contribution is 0.0697. The summed E-state index contributed by atoms with van der Waals surface area (Å²) < 4.78 is 4.97. The molecule has 0 saturated carbocycles. The predicted octanol–water partition coefficient (Wildman–Crippen LogP) is 2.79.